The highest BCUT2D eigenvalue weighted by Crippen LogP contribution is 2.22. The van der Waals surface area contributed by atoms with Gasteiger partial charge in [0.05, 0.1) is 17.8 Å². The van der Waals surface area contributed by atoms with Crippen molar-refractivity contribution in [3.8, 4) is 0 Å². The fourth-order valence-electron chi connectivity index (χ4n) is 3.04. The Morgan fingerprint density at radius 3 is 3.04 bits per heavy atom. The Bertz CT molecular complexity index is 946. The van der Waals surface area contributed by atoms with Crippen molar-refractivity contribution in [3.63, 3.8) is 0 Å². The molecule has 3 aromatic rings. The predicted molar refractivity (Wildman–Crippen MR) is 93.8 cm³/mol. The van der Waals surface area contributed by atoms with E-state index in [9.17, 15) is 4.79 Å². The van der Waals surface area contributed by atoms with Crippen LogP contribution >= 0.6 is 11.3 Å². The lowest BCUT2D eigenvalue weighted by Gasteiger charge is -2.13. The van der Waals surface area contributed by atoms with Crippen LogP contribution in [0.3, 0.4) is 0 Å². The van der Waals surface area contributed by atoms with Crippen LogP contribution in [-0.4, -0.2) is 24.8 Å². The summed E-state index contributed by atoms with van der Waals surface area (Å²) in [5.41, 5.74) is 2.98. The first-order valence-corrected chi connectivity index (χ1v) is 8.99. The van der Waals surface area contributed by atoms with Gasteiger partial charge in [-0.25, -0.2) is 15.0 Å². The summed E-state index contributed by atoms with van der Waals surface area (Å²) >= 11 is 1.42. The first-order chi connectivity index (χ1) is 11.6. The van der Waals surface area contributed by atoms with Crippen molar-refractivity contribution in [1.82, 2.24) is 24.8 Å². The number of fused-ring (bicyclic) bond motifs is 2. The fourth-order valence-corrected chi connectivity index (χ4v) is 3.77. The zero-order chi connectivity index (χ0) is 16.7. The van der Waals surface area contributed by atoms with Gasteiger partial charge in [-0.1, -0.05) is 13.8 Å². The standard InChI is InChI=1S/C17H19N5OS/c1-10(2)5-14-18-6-11-7-22(8-13(11)20-14)9-15-19-12-3-4-24-16(12)17(23)21-15/h3-4,6,10H,5,7-9H2,1-2H3,(H,19,21,23). The minimum Gasteiger partial charge on any atom is -0.308 e. The fraction of sp³-hybridized carbons (Fsp3) is 0.412. The van der Waals surface area contributed by atoms with Crippen molar-refractivity contribution in [2.75, 3.05) is 0 Å². The SMILES string of the molecule is CC(C)Cc1ncc2c(n1)CN(Cc1nc3ccsc3c(=O)[nH]1)C2. The molecule has 0 fully saturated rings. The summed E-state index contributed by atoms with van der Waals surface area (Å²) in [7, 11) is 0. The van der Waals surface area contributed by atoms with E-state index in [1.807, 2.05) is 17.6 Å². The predicted octanol–water partition coefficient (Wildman–Crippen LogP) is 2.49. The van der Waals surface area contributed by atoms with Crippen molar-refractivity contribution >= 4 is 21.6 Å². The van der Waals surface area contributed by atoms with Crippen molar-refractivity contribution in [2.45, 2.75) is 39.9 Å². The van der Waals surface area contributed by atoms with E-state index in [-0.39, 0.29) is 5.56 Å². The van der Waals surface area contributed by atoms with Crippen molar-refractivity contribution in [1.29, 1.82) is 0 Å². The minimum atomic E-state index is -0.0549. The Morgan fingerprint density at radius 1 is 1.33 bits per heavy atom. The maximum atomic E-state index is 12.1. The highest BCUT2D eigenvalue weighted by Gasteiger charge is 2.22. The van der Waals surface area contributed by atoms with E-state index < -0.39 is 0 Å². The summed E-state index contributed by atoms with van der Waals surface area (Å²) in [6, 6.07) is 1.89. The van der Waals surface area contributed by atoms with E-state index in [0.717, 1.165) is 36.5 Å². The number of thiophene rings is 1. The molecule has 0 saturated carbocycles. The van der Waals surface area contributed by atoms with E-state index in [1.54, 1.807) is 0 Å². The third kappa shape index (κ3) is 2.97. The Hall–Kier alpha value is -2.12. The summed E-state index contributed by atoms with van der Waals surface area (Å²) in [4.78, 5) is 30.9. The molecule has 0 radical (unpaired) electrons. The van der Waals surface area contributed by atoms with Gasteiger partial charge in [-0.2, -0.15) is 0 Å². The van der Waals surface area contributed by atoms with Crippen LogP contribution in [0.2, 0.25) is 0 Å². The number of hydrogen-bond donors (Lipinski definition) is 1. The summed E-state index contributed by atoms with van der Waals surface area (Å²) in [5.74, 6) is 2.16. The van der Waals surface area contributed by atoms with Gasteiger partial charge >= 0.3 is 0 Å². The molecule has 0 saturated heterocycles. The molecule has 0 unspecified atom stereocenters. The molecule has 4 heterocycles. The monoisotopic (exact) mass is 341 g/mol. The Morgan fingerprint density at radius 2 is 2.21 bits per heavy atom. The summed E-state index contributed by atoms with van der Waals surface area (Å²) in [6.45, 7) is 6.52. The third-order valence-corrected chi connectivity index (χ3v) is 5.00. The molecule has 24 heavy (non-hydrogen) atoms. The molecule has 4 rings (SSSR count). The third-order valence-electron chi connectivity index (χ3n) is 4.10. The maximum absolute atomic E-state index is 12.1. The summed E-state index contributed by atoms with van der Waals surface area (Å²) < 4.78 is 0.688. The van der Waals surface area contributed by atoms with E-state index >= 15 is 0 Å². The molecule has 6 nitrogen and oxygen atoms in total. The van der Waals surface area contributed by atoms with Gasteiger partial charge in [0.2, 0.25) is 0 Å². The average Bonchev–Trinajstić information content (AvgIpc) is 3.12. The number of nitrogens with zero attached hydrogens (tertiary/aromatic N) is 4. The number of aromatic nitrogens is 4. The largest absolute Gasteiger partial charge is 0.308 e. The van der Waals surface area contributed by atoms with Gasteiger partial charge in [0.1, 0.15) is 16.3 Å². The minimum absolute atomic E-state index is 0.0549. The highest BCUT2D eigenvalue weighted by molar-refractivity contribution is 7.17. The lowest BCUT2D eigenvalue weighted by atomic mass is 10.1. The van der Waals surface area contributed by atoms with Crippen molar-refractivity contribution in [2.24, 2.45) is 5.92 Å². The van der Waals surface area contributed by atoms with Crippen LogP contribution in [0.25, 0.3) is 10.2 Å². The molecular weight excluding hydrogens is 322 g/mol. The lowest BCUT2D eigenvalue weighted by Crippen LogP contribution is -2.20. The quantitative estimate of drug-likeness (QED) is 0.789. The second-order valence-corrected chi connectivity index (χ2v) is 7.56. The Labute approximate surface area is 143 Å². The first-order valence-electron chi connectivity index (χ1n) is 8.11. The van der Waals surface area contributed by atoms with E-state index in [0.29, 0.717) is 23.0 Å². The number of hydrogen-bond acceptors (Lipinski definition) is 6. The van der Waals surface area contributed by atoms with E-state index in [1.165, 1.54) is 16.9 Å². The van der Waals surface area contributed by atoms with Gasteiger partial charge in [-0.15, -0.1) is 11.3 Å². The van der Waals surface area contributed by atoms with Gasteiger partial charge in [0, 0.05) is 31.3 Å². The summed E-state index contributed by atoms with van der Waals surface area (Å²) in [6.07, 6.45) is 2.84. The van der Waals surface area contributed by atoms with Crippen LogP contribution in [0.4, 0.5) is 0 Å². The van der Waals surface area contributed by atoms with E-state index in [2.05, 4.69) is 33.7 Å². The average molecular weight is 341 g/mol. The van der Waals surface area contributed by atoms with Gasteiger partial charge in [-0.3, -0.25) is 9.69 Å². The molecule has 0 atom stereocenters. The molecule has 1 aliphatic heterocycles. The summed E-state index contributed by atoms with van der Waals surface area (Å²) in [5, 5.41) is 1.90. The molecule has 124 valence electrons. The molecule has 0 amide bonds. The molecular formula is C17H19N5OS. The van der Waals surface area contributed by atoms with Gasteiger partial charge in [0.25, 0.3) is 5.56 Å². The Balaban J connectivity index is 1.52. The van der Waals surface area contributed by atoms with Crippen LogP contribution in [0.5, 0.6) is 0 Å². The zero-order valence-electron chi connectivity index (χ0n) is 13.7. The van der Waals surface area contributed by atoms with Crippen molar-refractivity contribution < 1.29 is 0 Å². The molecule has 0 bridgehead atoms. The maximum Gasteiger partial charge on any atom is 0.268 e. The van der Waals surface area contributed by atoms with Gasteiger partial charge < -0.3 is 4.98 Å². The second kappa shape index (κ2) is 6.07. The van der Waals surface area contributed by atoms with Crippen LogP contribution in [0, 0.1) is 5.92 Å². The zero-order valence-corrected chi connectivity index (χ0v) is 14.6. The Kier molecular flexibility index (Phi) is 3.90. The molecule has 1 N–H and O–H groups in total. The van der Waals surface area contributed by atoms with Crippen LogP contribution < -0.4 is 5.56 Å². The molecule has 7 heteroatoms. The number of rotatable bonds is 4. The van der Waals surface area contributed by atoms with Crippen LogP contribution in [0.15, 0.2) is 22.4 Å². The lowest BCUT2D eigenvalue weighted by molar-refractivity contribution is 0.267. The number of aromatic amines is 1. The van der Waals surface area contributed by atoms with Gasteiger partial charge in [0.15, 0.2) is 0 Å². The molecule has 0 aromatic carbocycles. The smallest absolute Gasteiger partial charge is 0.268 e. The normalized spacial score (nSPS) is 14.6. The first kappa shape index (κ1) is 15.4. The van der Waals surface area contributed by atoms with Gasteiger partial charge in [-0.05, 0) is 17.4 Å². The molecule has 1 aliphatic rings. The second-order valence-electron chi connectivity index (χ2n) is 6.65. The molecule has 0 aliphatic carbocycles. The molecule has 0 spiro atoms. The number of H-pyrrole nitrogens is 1. The van der Waals surface area contributed by atoms with Crippen LogP contribution in [0.1, 0.15) is 36.8 Å². The number of nitrogens with one attached hydrogen (secondary N) is 1. The highest BCUT2D eigenvalue weighted by atomic mass is 32.1. The van der Waals surface area contributed by atoms with E-state index in [4.69, 9.17) is 4.98 Å². The van der Waals surface area contributed by atoms with Crippen molar-refractivity contribution in [3.05, 3.63) is 50.9 Å². The molecule has 3 aromatic heterocycles. The van der Waals surface area contributed by atoms with Crippen LogP contribution in [-0.2, 0) is 26.1 Å². The topological polar surface area (TPSA) is 74.8 Å².